The fourth-order valence-electron chi connectivity index (χ4n) is 3.49. The molecule has 24 heavy (non-hydrogen) atoms. The van der Waals surface area contributed by atoms with E-state index in [1.165, 1.54) is 11.1 Å². The monoisotopic (exact) mass is 318 g/mol. The maximum Gasteiger partial charge on any atom is 0.0728 e. The van der Waals surface area contributed by atoms with Crippen LogP contribution >= 0.6 is 0 Å². The topological polar surface area (TPSA) is 20.2 Å². The maximum absolute atomic E-state index is 11.4. The minimum atomic E-state index is -0.697. The van der Waals surface area contributed by atoms with Crippen LogP contribution in [0.2, 0.25) is 0 Å². The second-order valence-corrected chi connectivity index (χ2v) is 6.90. The van der Waals surface area contributed by atoms with Gasteiger partial charge >= 0.3 is 0 Å². The van der Waals surface area contributed by atoms with Crippen LogP contribution in [-0.2, 0) is 12.8 Å². The molecule has 0 heterocycles. The Morgan fingerprint density at radius 2 is 1.42 bits per heavy atom. The summed E-state index contributed by atoms with van der Waals surface area (Å²) in [5.41, 5.74) is 1.71. The highest BCUT2D eigenvalue weighted by Crippen LogP contribution is 2.28. The second-order valence-electron chi connectivity index (χ2n) is 6.90. The SMILES string of the molecule is OC(CCC1C=CC=CC1)(Cc1ccccc1)Cc1ccccc1. The Labute approximate surface area is 145 Å². The van der Waals surface area contributed by atoms with Crippen molar-refractivity contribution in [1.29, 1.82) is 0 Å². The van der Waals surface area contributed by atoms with Crippen molar-refractivity contribution >= 4 is 0 Å². The lowest BCUT2D eigenvalue weighted by molar-refractivity contribution is 0.0272. The van der Waals surface area contributed by atoms with Gasteiger partial charge in [0.05, 0.1) is 5.60 Å². The first-order valence-corrected chi connectivity index (χ1v) is 8.87. The highest BCUT2D eigenvalue weighted by Gasteiger charge is 2.28. The molecule has 1 aliphatic carbocycles. The second kappa shape index (κ2) is 8.12. The van der Waals surface area contributed by atoms with E-state index in [0.29, 0.717) is 18.8 Å². The maximum atomic E-state index is 11.4. The van der Waals surface area contributed by atoms with Crippen LogP contribution in [-0.4, -0.2) is 10.7 Å². The number of hydrogen-bond acceptors (Lipinski definition) is 1. The van der Waals surface area contributed by atoms with Crippen molar-refractivity contribution in [2.45, 2.75) is 37.7 Å². The molecule has 2 aromatic rings. The van der Waals surface area contributed by atoms with Gasteiger partial charge in [-0.15, -0.1) is 0 Å². The molecule has 0 bridgehead atoms. The van der Waals surface area contributed by atoms with E-state index in [0.717, 1.165) is 19.3 Å². The molecule has 1 N–H and O–H groups in total. The van der Waals surface area contributed by atoms with Crippen molar-refractivity contribution in [3.63, 3.8) is 0 Å². The molecule has 1 heteroatoms. The zero-order valence-electron chi connectivity index (χ0n) is 14.1. The molecule has 0 fully saturated rings. The Balaban J connectivity index is 1.71. The third-order valence-electron chi connectivity index (χ3n) is 4.80. The molecule has 0 saturated heterocycles. The Hall–Kier alpha value is -2.12. The first-order valence-electron chi connectivity index (χ1n) is 8.87. The molecule has 2 aromatic carbocycles. The van der Waals surface area contributed by atoms with Gasteiger partial charge in [-0.3, -0.25) is 0 Å². The van der Waals surface area contributed by atoms with Gasteiger partial charge in [-0.1, -0.05) is 85.0 Å². The summed E-state index contributed by atoms with van der Waals surface area (Å²) in [7, 11) is 0. The molecular weight excluding hydrogens is 292 g/mol. The van der Waals surface area contributed by atoms with Crippen molar-refractivity contribution in [3.8, 4) is 0 Å². The van der Waals surface area contributed by atoms with Crippen molar-refractivity contribution in [2.24, 2.45) is 5.92 Å². The van der Waals surface area contributed by atoms with Crippen LogP contribution in [0.1, 0.15) is 30.4 Å². The summed E-state index contributed by atoms with van der Waals surface area (Å²) in [6, 6.07) is 20.7. The van der Waals surface area contributed by atoms with Crippen LogP contribution in [0, 0.1) is 5.92 Å². The predicted octanol–water partition coefficient (Wildman–Crippen LogP) is 5.12. The average molecular weight is 318 g/mol. The Kier molecular flexibility index (Phi) is 5.66. The van der Waals surface area contributed by atoms with E-state index in [2.05, 4.69) is 48.6 Å². The Bertz CT molecular complexity index is 628. The first-order chi connectivity index (χ1) is 11.7. The summed E-state index contributed by atoms with van der Waals surface area (Å²) in [5, 5.41) is 11.4. The van der Waals surface area contributed by atoms with Gasteiger partial charge in [0.25, 0.3) is 0 Å². The highest BCUT2D eigenvalue weighted by atomic mass is 16.3. The summed E-state index contributed by atoms with van der Waals surface area (Å²) in [6.07, 6.45) is 13.1. The van der Waals surface area contributed by atoms with Crippen LogP contribution in [0.5, 0.6) is 0 Å². The van der Waals surface area contributed by atoms with Crippen LogP contribution in [0.25, 0.3) is 0 Å². The minimum absolute atomic E-state index is 0.549. The van der Waals surface area contributed by atoms with E-state index in [1.54, 1.807) is 0 Å². The fourth-order valence-corrected chi connectivity index (χ4v) is 3.49. The Morgan fingerprint density at radius 3 is 1.92 bits per heavy atom. The van der Waals surface area contributed by atoms with Crippen molar-refractivity contribution in [1.82, 2.24) is 0 Å². The number of rotatable bonds is 7. The van der Waals surface area contributed by atoms with E-state index in [4.69, 9.17) is 0 Å². The standard InChI is InChI=1S/C23H26O/c24-23(18-21-12-6-2-7-13-21,19-22-14-8-3-9-15-22)17-16-20-10-4-1-5-11-20/h1-10,12-15,20,24H,11,16-19H2. The third kappa shape index (κ3) is 4.94. The molecule has 0 saturated carbocycles. The molecule has 124 valence electrons. The zero-order chi connectivity index (χ0) is 16.7. The quantitative estimate of drug-likeness (QED) is 0.751. The summed E-state index contributed by atoms with van der Waals surface area (Å²) in [4.78, 5) is 0. The molecule has 1 nitrogen and oxygen atoms in total. The van der Waals surface area contributed by atoms with Gasteiger partial charge in [0.1, 0.15) is 0 Å². The summed E-state index contributed by atoms with van der Waals surface area (Å²) < 4.78 is 0. The van der Waals surface area contributed by atoms with Crippen LogP contribution < -0.4 is 0 Å². The lowest BCUT2D eigenvalue weighted by atomic mass is 9.81. The molecule has 1 atom stereocenters. The van der Waals surface area contributed by atoms with Crippen LogP contribution in [0.15, 0.2) is 85.0 Å². The molecule has 0 amide bonds. The molecular formula is C23H26O. The van der Waals surface area contributed by atoms with Gasteiger partial charge in [0, 0.05) is 12.8 Å². The number of allylic oxidation sites excluding steroid dienone is 4. The summed E-state index contributed by atoms with van der Waals surface area (Å²) in [6.45, 7) is 0. The minimum Gasteiger partial charge on any atom is -0.389 e. The third-order valence-corrected chi connectivity index (χ3v) is 4.80. The molecule has 3 rings (SSSR count). The van der Waals surface area contributed by atoms with E-state index >= 15 is 0 Å². The van der Waals surface area contributed by atoms with E-state index in [-0.39, 0.29) is 0 Å². The lowest BCUT2D eigenvalue weighted by Crippen LogP contribution is -2.35. The lowest BCUT2D eigenvalue weighted by Gasteiger charge is -2.30. The largest absolute Gasteiger partial charge is 0.389 e. The van der Waals surface area contributed by atoms with E-state index < -0.39 is 5.60 Å². The molecule has 0 spiro atoms. The van der Waals surface area contributed by atoms with Gasteiger partial charge in [-0.2, -0.15) is 0 Å². The zero-order valence-corrected chi connectivity index (χ0v) is 14.1. The molecule has 1 aliphatic rings. The molecule has 1 unspecified atom stereocenters. The van der Waals surface area contributed by atoms with Gasteiger partial charge in [0.2, 0.25) is 0 Å². The van der Waals surface area contributed by atoms with Gasteiger partial charge in [0.15, 0.2) is 0 Å². The van der Waals surface area contributed by atoms with Crippen molar-refractivity contribution < 1.29 is 5.11 Å². The highest BCUT2D eigenvalue weighted by molar-refractivity contribution is 5.21. The van der Waals surface area contributed by atoms with Crippen LogP contribution in [0.3, 0.4) is 0 Å². The summed E-state index contributed by atoms with van der Waals surface area (Å²) in [5.74, 6) is 0.549. The Morgan fingerprint density at radius 1 is 0.833 bits per heavy atom. The number of benzene rings is 2. The molecule has 0 radical (unpaired) electrons. The van der Waals surface area contributed by atoms with E-state index in [9.17, 15) is 5.11 Å². The smallest absolute Gasteiger partial charge is 0.0728 e. The van der Waals surface area contributed by atoms with Gasteiger partial charge in [-0.05, 0) is 36.3 Å². The van der Waals surface area contributed by atoms with E-state index in [1.807, 2.05) is 36.4 Å². The number of hydrogen-bond donors (Lipinski definition) is 1. The predicted molar refractivity (Wildman–Crippen MR) is 101 cm³/mol. The number of aliphatic hydroxyl groups is 1. The fraction of sp³-hybridized carbons (Fsp3) is 0.304. The molecule has 0 aliphatic heterocycles. The van der Waals surface area contributed by atoms with Crippen molar-refractivity contribution in [3.05, 3.63) is 96.1 Å². The first kappa shape index (κ1) is 16.7. The van der Waals surface area contributed by atoms with Gasteiger partial charge in [-0.25, -0.2) is 0 Å². The molecule has 0 aromatic heterocycles. The van der Waals surface area contributed by atoms with Gasteiger partial charge < -0.3 is 5.11 Å². The van der Waals surface area contributed by atoms with Crippen molar-refractivity contribution in [2.75, 3.05) is 0 Å². The summed E-state index contributed by atoms with van der Waals surface area (Å²) >= 11 is 0. The average Bonchev–Trinajstić information content (AvgIpc) is 2.63. The normalized spacial score (nSPS) is 17.1. The van der Waals surface area contributed by atoms with Crippen LogP contribution in [0.4, 0.5) is 0 Å².